The van der Waals surface area contributed by atoms with Crippen LogP contribution in [0.15, 0.2) is 65.7 Å². The van der Waals surface area contributed by atoms with Crippen molar-refractivity contribution in [3.05, 3.63) is 87.3 Å². The summed E-state index contributed by atoms with van der Waals surface area (Å²) in [5, 5.41) is 5.98. The molecule has 0 unspecified atom stereocenters. The molecular formula is C23H20N4O3S. The molecular weight excluding hydrogens is 412 g/mol. The van der Waals surface area contributed by atoms with Crippen molar-refractivity contribution in [2.45, 2.75) is 20.4 Å². The van der Waals surface area contributed by atoms with Gasteiger partial charge in [-0.25, -0.2) is 4.98 Å². The lowest BCUT2D eigenvalue weighted by atomic mass is 10.2. The van der Waals surface area contributed by atoms with E-state index >= 15 is 0 Å². The molecule has 31 heavy (non-hydrogen) atoms. The molecule has 0 bridgehead atoms. The molecule has 0 aliphatic heterocycles. The predicted octanol–water partition coefficient (Wildman–Crippen LogP) is 4.03. The second kappa shape index (κ2) is 8.53. The Kier molecular flexibility index (Phi) is 5.64. The predicted molar refractivity (Wildman–Crippen MR) is 123 cm³/mol. The molecule has 0 atom stereocenters. The van der Waals surface area contributed by atoms with Gasteiger partial charge in [0.05, 0.1) is 23.1 Å². The van der Waals surface area contributed by atoms with E-state index in [-0.39, 0.29) is 17.4 Å². The Morgan fingerprint density at radius 1 is 1.00 bits per heavy atom. The third-order valence-electron chi connectivity index (χ3n) is 4.78. The summed E-state index contributed by atoms with van der Waals surface area (Å²) in [5.41, 5.74) is 2.69. The van der Waals surface area contributed by atoms with Crippen LogP contribution in [0.1, 0.15) is 27.7 Å². The smallest absolute Gasteiger partial charge is 0.266 e. The van der Waals surface area contributed by atoms with Gasteiger partial charge < -0.3 is 10.6 Å². The van der Waals surface area contributed by atoms with Crippen LogP contribution in [-0.4, -0.2) is 21.4 Å². The highest BCUT2D eigenvalue weighted by atomic mass is 32.1. The molecule has 7 nitrogen and oxygen atoms in total. The van der Waals surface area contributed by atoms with Crippen LogP contribution in [0.2, 0.25) is 0 Å². The maximum Gasteiger partial charge on any atom is 0.266 e. The number of thiophene rings is 1. The molecule has 0 saturated heterocycles. The van der Waals surface area contributed by atoms with Gasteiger partial charge in [-0.1, -0.05) is 30.3 Å². The molecule has 0 aliphatic rings. The lowest BCUT2D eigenvalue weighted by Gasteiger charge is -2.07. The number of aryl methyl sites for hydroxylation is 1. The molecule has 8 heteroatoms. The van der Waals surface area contributed by atoms with Crippen molar-refractivity contribution < 1.29 is 9.59 Å². The number of fused-ring (bicyclic) bond motifs is 1. The van der Waals surface area contributed by atoms with Gasteiger partial charge in [0.25, 0.3) is 11.5 Å². The van der Waals surface area contributed by atoms with E-state index in [1.165, 1.54) is 24.6 Å². The van der Waals surface area contributed by atoms with Crippen LogP contribution in [0.3, 0.4) is 0 Å². The first-order valence-corrected chi connectivity index (χ1v) is 10.5. The zero-order valence-electron chi connectivity index (χ0n) is 17.0. The van der Waals surface area contributed by atoms with Crippen molar-refractivity contribution >= 4 is 44.7 Å². The number of rotatable bonds is 5. The SMILES string of the molecule is CC(=O)Nc1ccc(NC(=O)c2sc3ncn(Cc4ccccc4)c(=O)c3c2C)cc1. The molecule has 0 fully saturated rings. The number of benzene rings is 2. The summed E-state index contributed by atoms with van der Waals surface area (Å²) in [6, 6.07) is 16.5. The number of nitrogens with zero attached hydrogens (tertiary/aromatic N) is 2. The van der Waals surface area contributed by atoms with Crippen LogP contribution in [0, 0.1) is 6.92 Å². The third kappa shape index (κ3) is 4.39. The van der Waals surface area contributed by atoms with Crippen LogP contribution in [0.4, 0.5) is 11.4 Å². The number of amides is 2. The zero-order chi connectivity index (χ0) is 22.0. The minimum absolute atomic E-state index is 0.164. The zero-order valence-corrected chi connectivity index (χ0v) is 17.8. The number of hydrogen-bond donors (Lipinski definition) is 2. The molecule has 0 spiro atoms. The molecule has 4 rings (SSSR count). The average molecular weight is 433 g/mol. The van der Waals surface area contributed by atoms with E-state index in [4.69, 9.17) is 0 Å². The van der Waals surface area contributed by atoms with E-state index < -0.39 is 0 Å². The Balaban J connectivity index is 1.60. The summed E-state index contributed by atoms with van der Waals surface area (Å²) in [4.78, 5) is 42.4. The Labute approximate surface area is 182 Å². The number of carbonyl (C=O) groups excluding carboxylic acids is 2. The Morgan fingerprint density at radius 3 is 2.29 bits per heavy atom. The van der Waals surface area contributed by atoms with Gasteiger partial charge in [0, 0.05) is 18.3 Å². The topological polar surface area (TPSA) is 93.1 Å². The summed E-state index contributed by atoms with van der Waals surface area (Å²) in [5.74, 6) is -0.468. The van der Waals surface area contributed by atoms with Gasteiger partial charge in [0.2, 0.25) is 5.91 Å². The standard InChI is InChI=1S/C23H20N4O3S/c1-14-19-22(24-13-27(23(19)30)12-16-6-4-3-5-7-16)31-20(14)21(29)26-18-10-8-17(9-11-18)25-15(2)28/h3-11,13H,12H2,1-2H3,(H,25,28)(H,26,29). The van der Waals surface area contributed by atoms with Gasteiger partial charge in [-0.15, -0.1) is 11.3 Å². The van der Waals surface area contributed by atoms with Crippen molar-refractivity contribution in [2.24, 2.45) is 0 Å². The fourth-order valence-electron chi connectivity index (χ4n) is 3.30. The van der Waals surface area contributed by atoms with E-state index in [2.05, 4.69) is 15.6 Å². The third-order valence-corrected chi connectivity index (χ3v) is 5.98. The number of hydrogen-bond acceptors (Lipinski definition) is 5. The number of nitrogens with one attached hydrogen (secondary N) is 2. The monoisotopic (exact) mass is 432 g/mol. The Hall–Kier alpha value is -3.78. The van der Waals surface area contributed by atoms with Crippen LogP contribution >= 0.6 is 11.3 Å². The molecule has 4 aromatic rings. The van der Waals surface area contributed by atoms with E-state index in [0.717, 1.165) is 5.56 Å². The summed E-state index contributed by atoms with van der Waals surface area (Å²) in [6.07, 6.45) is 1.52. The highest BCUT2D eigenvalue weighted by Gasteiger charge is 2.19. The maximum atomic E-state index is 13.0. The summed E-state index contributed by atoms with van der Waals surface area (Å²) < 4.78 is 1.56. The minimum Gasteiger partial charge on any atom is -0.326 e. The van der Waals surface area contributed by atoms with Gasteiger partial charge in [0.15, 0.2) is 0 Å². The molecule has 0 aliphatic carbocycles. The van der Waals surface area contributed by atoms with Crippen molar-refractivity contribution in [2.75, 3.05) is 10.6 Å². The molecule has 2 N–H and O–H groups in total. The molecule has 0 radical (unpaired) electrons. The fourth-order valence-corrected chi connectivity index (χ4v) is 4.33. The van der Waals surface area contributed by atoms with Crippen molar-refractivity contribution in [3.8, 4) is 0 Å². The van der Waals surface area contributed by atoms with E-state index in [0.29, 0.717) is 38.6 Å². The quantitative estimate of drug-likeness (QED) is 0.498. The molecule has 2 aromatic heterocycles. The van der Waals surface area contributed by atoms with Crippen LogP contribution in [-0.2, 0) is 11.3 Å². The summed E-state index contributed by atoms with van der Waals surface area (Å²) in [7, 11) is 0. The van der Waals surface area contributed by atoms with Crippen molar-refractivity contribution in [3.63, 3.8) is 0 Å². The van der Waals surface area contributed by atoms with Crippen molar-refractivity contribution in [1.29, 1.82) is 0 Å². The summed E-state index contributed by atoms with van der Waals surface area (Å²) >= 11 is 1.20. The molecule has 2 aromatic carbocycles. The Morgan fingerprint density at radius 2 is 1.65 bits per heavy atom. The molecule has 2 amide bonds. The van der Waals surface area contributed by atoms with Gasteiger partial charge >= 0.3 is 0 Å². The minimum atomic E-state index is -0.304. The van der Waals surface area contributed by atoms with Gasteiger partial charge in [-0.3, -0.25) is 19.0 Å². The lowest BCUT2D eigenvalue weighted by Crippen LogP contribution is -2.21. The van der Waals surface area contributed by atoms with Crippen LogP contribution in [0.5, 0.6) is 0 Å². The molecule has 0 saturated carbocycles. The first-order valence-electron chi connectivity index (χ1n) is 9.64. The number of aromatic nitrogens is 2. The highest BCUT2D eigenvalue weighted by Crippen LogP contribution is 2.28. The van der Waals surface area contributed by atoms with Crippen molar-refractivity contribution in [1.82, 2.24) is 9.55 Å². The Bertz CT molecular complexity index is 1320. The second-order valence-electron chi connectivity index (χ2n) is 7.11. The number of carbonyl (C=O) groups is 2. The van der Waals surface area contributed by atoms with Gasteiger partial charge in [-0.05, 0) is 42.3 Å². The largest absolute Gasteiger partial charge is 0.326 e. The van der Waals surface area contributed by atoms with E-state index in [9.17, 15) is 14.4 Å². The maximum absolute atomic E-state index is 13.0. The molecule has 156 valence electrons. The van der Waals surface area contributed by atoms with Gasteiger partial charge in [0.1, 0.15) is 4.83 Å². The van der Waals surface area contributed by atoms with Gasteiger partial charge in [-0.2, -0.15) is 0 Å². The average Bonchev–Trinajstić information content (AvgIpc) is 3.09. The number of anilines is 2. The molecule has 2 heterocycles. The second-order valence-corrected chi connectivity index (χ2v) is 8.11. The lowest BCUT2D eigenvalue weighted by molar-refractivity contribution is -0.114. The van der Waals surface area contributed by atoms with Crippen LogP contribution < -0.4 is 16.2 Å². The van der Waals surface area contributed by atoms with E-state index in [1.54, 1.807) is 35.8 Å². The highest BCUT2D eigenvalue weighted by molar-refractivity contribution is 7.20. The first kappa shape index (κ1) is 20.5. The summed E-state index contributed by atoms with van der Waals surface area (Å²) in [6.45, 7) is 3.62. The fraction of sp³-hybridized carbons (Fsp3) is 0.130. The normalized spacial score (nSPS) is 10.8. The first-order chi connectivity index (χ1) is 14.9. The van der Waals surface area contributed by atoms with E-state index in [1.807, 2.05) is 30.3 Å². The van der Waals surface area contributed by atoms with Crippen LogP contribution in [0.25, 0.3) is 10.2 Å².